The molecule has 0 bridgehead atoms. The maximum Gasteiger partial charge on any atom is 0.439 e. The van der Waals surface area contributed by atoms with Crippen LogP contribution in [-0.2, 0) is 0 Å². The summed E-state index contributed by atoms with van der Waals surface area (Å²) in [5, 5.41) is 14.4. The predicted molar refractivity (Wildman–Crippen MR) is 77.6 cm³/mol. The number of amides is 1. The number of hydrogen-bond acceptors (Lipinski definition) is 3. The maximum absolute atomic E-state index is 13.7. The van der Waals surface area contributed by atoms with Crippen molar-refractivity contribution < 1.29 is 27.5 Å². The van der Waals surface area contributed by atoms with Gasteiger partial charge in [-0.15, -0.1) is 0 Å². The number of alkyl halides is 3. The van der Waals surface area contributed by atoms with Crippen molar-refractivity contribution in [3.8, 4) is 0 Å². The lowest BCUT2D eigenvalue weighted by molar-refractivity contribution is -0.312. The van der Waals surface area contributed by atoms with Gasteiger partial charge in [-0.25, -0.2) is 4.39 Å². The molecule has 1 aliphatic carbocycles. The van der Waals surface area contributed by atoms with Crippen molar-refractivity contribution in [3.05, 3.63) is 35.6 Å². The van der Waals surface area contributed by atoms with Gasteiger partial charge in [0.15, 0.2) is 0 Å². The second-order valence-corrected chi connectivity index (χ2v) is 6.09. The number of halogens is 4. The zero-order chi connectivity index (χ0) is 17.5. The summed E-state index contributed by atoms with van der Waals surface area (Å²) in [6.45, 7) is 0. The molecule has 2 aliphatic rings. The fraction of sp³-hybridized carbons (Fsp3) is 0.500. The van der Waals surface area contributed by atoms with E-state index in [-0.39, 0.29) is 22.7 Å². The van der Waals surface area contributed by atoms with Gasteiger partial charge in [0.25, 0.3) is 11.6 Å². The molecule has 0 aromatic heterocycles. The summed E-state index contributed by atoms with van der Waals surface area (Å²) in [7, 11) is 0. The summed E-state index contributed by atoms with van der Waals surface area (Å²) >= 11 is 0. The van der Waals surface area contributed by atoms with E-state index in [1.165, 1.54) is 12.1 Å². The monoisotopic (exact) mass is 344 g/mol. The van der Waals surface area contributed by atoms with Crippen molar-refractivity contribution in [2.45, 2.75) is 44.0 Å². The number of rotatable bonds is 1. The Morgan fingerprint density at radius 2 is 2.04 bits per heavy atom. The van der Waals surface area contributed by atoms with Gasteiger partial charge in [0.1, 0.15) is 5.82 Å². The van der Waals surface area contributed by atoms with Crippen molar-refractivity contribution in [2.75, 3.05) is 0 Å². The Hall–Kier alpha value is -1.96. The van der Waals surface area contributed by atoms with E-state index in [9.17, 15) is 27.5 Å². The zero-order valence-electron chi connectivity index (χ0n) is 12.7. The van der Waals surface area contributed by atoms with E-state index < -0.39 is 29.5 Å². The fourth-order valence-corrected chi connectivity index (χ4v) is 3.34. The lowest BCUT2D eigenvalue weighted by atomic mass is 9.87. The number of fused-ring (bicyclic) bond motifs is 1. The molecule has 1 saturated carbocycles. The molecule has 2 atom stereocenters. The van der Waals surface area contributed by atoms with Crippen LogP contribution in [0.15, 0.2) is 29.4 Å². The van der Waals surface area contributed by atoms with Crippen LogP contribution in [0.5, 0.6) is 0 Å². The minimum atomic E-state index is -5.07. The lowest BCUT2D eigenvalue weighted by Crippen LogP contribution is -2.61. The quantitative estimate of drug-likeness (QED) is 0.793. The van der Waals surface area contributed by atoms with Gasteiger partial charge < -0.3 is 5.11 Å². The Morgan fingerprint density at radius 1 is 1.29 bits per heavy atom. The van der Waals surface area contributed by atoms with Crippen LogP contribution < -0.4 is 0 Å². The van der Waals surface area contributed by atoms with E-state index in [2.05, 4.69) is 5.10 Å². The largest absolute Gasteiger partial charge is 0.439 e. The van der Waals surface area contributed by atoms with Crippen LogP contribution in [0.4, 0.5) is 17.6 Å². The molecule has 130 valence electrons. The molecular formula is C16H16F4N2O2. The summed E-state index contributed by atoms with van der Waals surface area (Å²) in [6, 6.07) is 4.31. The molecule has 8 heteroatoms. The van der Waals surface area contributed by atoms with Crippen molar-refractivity contribution in [1.82, 2.24) is 5.01 Å². The van der Waals surface area contributed by atoms with E-state index in [1.54, 1.807) is 0 Å². The van der Waals surface area contributed by atoms with Crippen molar-refractivity contribution in [3.63, 3.8) is 0 Å². The summed E-state index contributed by atoms with van der Waals surface area (Å²) in [5.74, 6) is -3.20. The minimum absolute atomic E-state index is 0.0904. The normalized spacial score (nSPS) is 27.5. The van der Waals surface area contributed by atoms with Gasteiger partial charge in [0.2, 0.25) is 0 Å². The van der Waals surface area contributed by atoms with E-state index in [4.69, 9.17) is 0 Å². The number of nitrogens with zero attached hydrogens (tertiary/aromatic N) is 2. The van der Waals surface area contributed by atoms with E-state index >= 15 is 0 Å². The Labute approximate surface area is 135 Å². The first-order valence-corrected chi connectivity index (χ1v) is 7.71. The average Bonchev–Trinajstić information content (AvgIpc) is 2.68. The molecule has 1 amide bonds. The molecule has 0 spiro atoms. The molecule has 1 aliphatic heterocycles. The van der Waals surface area contributed by atoms with E-state index in [0.29, 0.717) is 19.3 Å². The van der Waals surface area contributed by atoms with Crippen LogP contribution in [0.3, 0.4) is 0 Å². The standard InChI is InChI=1S/C16H16F4N2O2/c17-11-6-4-5-10(9-11)14(23)22-15(24,16(18,19)20)12-7-2-1-3-8-13(12)21-22/h4-6,9,12,24H,1-3,7-8H2/t12-,15-/m1/s1. The number of benzene rings is 1. The van der Waals surface area contributed by atoms with Gasteiger partial charge >= 0.3 is 6.18 Å². The number of aliphatic hydroxyl groups is 1. The van der Waals surface area contributed by atoms with Gasteiger partial charge in [-0.1, -0.05) is 18.9 Å². The molecule has 1 N–H and O–H groups in total. The predicted octanol–water partition coefficient (Wildman–Crippen LogP) is 3.47. The van der Waals surface area contributed by atoms with Crippen LogP contribution in [0.1, 0.15) is 42.5 Å². The van der Waals surface area contributed by atoms with Crippen molar-refractivity contribution in [2.24, 2.45) is 11.0 Å². The average molecular weight is 344 g/mol. The van der Waals surface area contributed by atoms with Crippen molar-refractivity contribution in [1.29, 1.82) is 0 Å². The molecule has 24 heavy (non-hydrogen) atoms. The molecule has 0 unspecified atom stereocenters. The van der Waals surface area contributed by atoms with E-state index in [1.807, 2.05) is 0 Å². The van der Waals surface area contributed by atoms with Gasteiger partial charge in [0, 0.05) is 11.3 Å². The SMILES string of the molecule is O=C(c1cccc(F)c1)N1N=C2CCCCC[C@H]2[C@@]1(O)C(F)(F)F. The molecule has 4 nitrogen and oxygen atoms in total. The molecule has 1 aromatic carbocycles. The third-order valence-electron chi connectivity index (χ3n) is 4.55. The molecule has 3 rings (SSSR count). The number of carbonyl (C=O) groups is 1. The van der Waals surface area contributed by atoms with Crippen LogP contribution in [0.25, 0.3) is 0 Å². The van der Waals surface area contributed by atoms with Crippen LogP contribution >= 0.6 is 0 Å². The summed E-state index contributed by atoms with van der Waals surface area (Å²) in [5.41, 5.74) is -3.51. The minimum Gasteiger partial charge on any atom is -0.362 e. The highest BCUT2D eigenvalue weighted by atomic mass is 19.4. The molecule has 1 heterocycles. The molecule has 0 radical (unpaired) electrons. The van der Waals surface area contributed by atoms with Gasteiger partial charge in [-0.05, 0) is 37.5 Å². The third kappa shape index (κ3) is 2.58. The molecular weight excluding hydrogens is 328 g/mol. The van der Waals surface area contributed by atoms with Gasteiger partial charge in [0.05, 0.1) is 5.92 Å². The second-order valence-electron chi connectivity index (χ2n) is 6.09. The number of hydrazone groups is 1. The Morgan fingerprint density at radius 3 is 2.71 bits per heavy atom. The molecule has 1 aromatic rings. The summed E-state index contributed by atoms with van der Waals surface area (Å²) < 4.78 is 54.3. The smallest absolute Gasteiger partial charge is 0.362 e. The molecule has 0 saturated heterocycles. The third-order valence-corrected chi connectivity index (χ3v) is 4.55. The highest BCUT2D eigenvalue weighted by molar-refractivity contribution is 5.99. The van der Waals surface area contributed by atoms with Crippen molar-refractivity contribution >= 4 is 11.6 Å². The van der Waals surface area contributed by atoms with E-state index in [0.717, 1.165) is 18.6 Å². The summed E-state index contributed by atoms with van der Waals surface area (Å²) in [6.07, 6.45) is -2.75. The van der Waals surface area contributed by atoms with Crippen LogP contribution in [-0.4, -0.2) is 33.6 Å². The first-order valence-electron chi connectivity index (χ1n) is 7.71. The maximum atomic E-state index is 13.7. The van der Waals surface area contributed by atoms with Gasteiger partial charge in [-0.3, -0.25) is 4.79 Å². The Kier molecular flexibility index (Phi) is 4.11. The number of hydrogen-bond donors (Lipinski definition) is 1. The fourth-order valence-electron chi connectivity index (χ4n) is 3.34. The van der Waals surface area contributed by atoms with Crippen LogP contribution in [0, 0.1) is 11.7 Å². The Balaban J connectivity index is 2.05. The topological polar surface area (TPSA) is 52.9 Å². The highest BCUT2D eigenvalue weighted by Crippen LogP contribution is 2.48. The lowest BCUT2D eigenvalue weighted by Gasteiger charge is -2.37. The highest BCUT2D eigenvalue weighted by Gasteiger charge is 2.68. The number of carbonyl (C=O) groups excluding carboxylic acids is 1. The molecule has 1 fully saturated rings. The second kappa shape index (κ2) is 5.84. The zero-order valence-corrected chi connectivity index (χ0v) is 12.7. The summed E-state index contributed by atoms with van der Waals surface area (Å²) in [4.78, 5) is 12.5. The first-order chi connectivity index (χ1) is 11.2. The van der Waals surface area contributed by atoms with Gasteiger partial charge in [-0.2, -0.15) is 23.3 Å². The Bertz CT molecular complexity index is 689. The van der Waals surface area contributed by atoms with Crippen LogP contribution in [0.2, 0.25) is 0 Å². The first kappa shape index (κ1) is 16.9.